The van der Waals surface area contributed by atoms with Crippen LogP contribution in [0.3, 0.4) is 0 Å². The van der Waals surface area contributed by atoms with E-state index >= 15 is 0 Å². The zero-order chi connectivity index (χ0) is 14.8. The van der Waals surface area contributed by atoms with Gasteiger partial charge < -0.3 is 10.0 Å². The number of aliphatic carboxylic acids is 1. The van der Waals surface area contributed by atoms with Crippen molar-refractivity contribution >= 4 is 17.9 Å². The first-order chi connectivity index (χ1) is 9.48. The van der Waals surface area contributed by atoms with Gasteiger partial charge in [-0.05, 0) is 19.3 Å². The number of nitrogens with zero attached hydrogens (tertiary/aromatic N) is 4. The molecule has 1 saturated heterocycles. The van der Waals surface area contributed by atoms with Crippen LogP contribution in [-0.4, -0.2) is 49.9 Å². The number of aromatic nitrogens is 3. The van der Waals surface area contributed by atoms with Gasteiger partial charge in [-0.1, -0.05) is 6.92 Å². The van der Waals surface area contributed by atoms with Gasteiger partial charge in [-0.15, -0.1) is 0 Å². The van der Waals surface area contributed by atoms with Crippen LogP contribution >= 0.6 is 0 Å². The van der Waals surface area contributed by atoms with E-state index < -0.39 is 11.4 Å². The lowest BCUT2D eigenvalue weighted by molar-refractivity contribution is -0.152. The molecular weight excluding hydrogens is 262 g/mol. The van der Waals surface area contributed by atoms with Crippen molar-refractivity contribution in [1.29, 1.82) is 0 Å². The Hall–Kier alpha value is -2.12. The number of carbonyl (C=O) groups excluding carboxylic acids is 1. The average Bonchev–Trinajstić information content (AvgIpc) is 2.84. The smallest absolute Gasteiger partial charge is 0.324 e. The largest absolute Gasteiger partial charge is 0.481 e. The number of nitrogens with one attached hydrogen (secondary N) is 1. The fourth-order valence-corrected chi connectivity index (χ4v) is 2.50. The SMILES string of the molecule is CCC1(C(=O)O)CCCN(C(=O)Nc2ncnn2C)C1. The van der Waals surface area contributed by atoms with Crippen LogP contribution in [-0.2, 0) is 11.8 Å². The Balaban J connectivity index is 2.07. The highest BCUT2D eigenvalue weighted by Gasteiger charge is 2.42. The van der Waals surface area contributed by atoms with Crippen molar-refractivity contribution in [3.63, 3.8) is 0 Å². The maximum Gasteiger partial charge on any atom is 0.324 e. The topological polar surface area (TPSA) is 100 Å². The van der Waals surface area contributed by atoms with Crippen LogP contribution < -0.4 is 5.32 Å². The molecule has 0 saturated carbocycles. The number of hydrogen-bond donors (Lipinski definition) is 2. The first kappa shape index (κ1) is 14.3. The van der Waals surface area contributed by atoms with Crippen molar-refractivity contribution in [2.24, 2.45) is 12.5 Å². The van der Waals surface area contributed by atoms with E-state index in [1.165, 1.54) is 15.9 Å². The summed E-state index contributed by atoms with van der Waals surface area (Å²) in [6.07, 6.45) is 3.15. The maximum absolute atomic E-state index is 12.2. The molecule has 110 valence electrons. The van der Waals surface area contributed by atoms with Gasteiger partial charge in [-0.25, -0.2) is 9.48 Å². The zero-order valence-electron chi connectivity index (χ0n) is 11.7. The third-order valence-electron chi connectivity index (χ3n) is 3.92. The minimum atomic E-state index is -0.838. The van der Waals surface area contributed by atoms with Gasteiger partial charge in [0.15, 0.2) is 0 Å². The zero-order valence-corrected chi connectivity index (χ0v) is 11.7. The lowest BCUT2D eigenvalue weighted by atomic mass is 9.78. The highest BCUT2D eigenvalue weighted by atomic mass is 16.4. The van der Waals surface area contributed by atoms with E-state index in [0.717, 1.165) is 0 Å². The van der Waals surface area contributed by atoms with E-state index in [9.17, 15) is 14.7 Å². The molecule has 1 atom stereocenters. The number of carboxylic acids is 1. The van der Waals surface area contributed by atoms with Gasteiger partial charge in [0.05, 0.1) is 5.41 Å². The second kappa shape index (κ2) is 5.48. The van der Waals surface area contributed by atoms with Crippen molar-refractivity contribution < 1.29 is 14.7 Å². The first-order valence-corrected chi connectivity index (χ1v) is 6.62. The Morgan fingerprint density at radius 3 is 2.85 bits per heavy atom. The molecule has 1 aliphatic rings. The Labute approximate surface area is 116 Å². The molecule has 1 aromatic heterocycles. The lowest BCUT2D eigenvalue weighted by Gasteiger charge is -2.39. The number of anilines is 1. The summed E-state index contributed by atoms with van der Waals surface area (Å²) in [5.41, 5.74) is -0.838. The minimum Gasteiger partial charge on any atom is -0.481 e. The number of amides is 2. The summed E-state index contributed by atoms with van der Waals surface area (Å²) >= 11 is 0. The summed E-state index contributed by atoms with van der Waals surface area (Å²) in [5, 5.41) is 15.9. The Bertz CT molecular complexity index is 515. The Morgan fingerprint density at radius 1 is 1.55 bits per heavy atom. The molecule has 1 fully saturated rings. The highest BCUT2D eigenvalue weighted by Crippen LogP contribution is 2.33. The van der Waals surface area contributed by atoms with Crippen LogP contribution in [0.1, 0.15) is 26.2 Å². The number of piperidine rings is 1. The molecule has 8 heteroatoms. The number of carboxylic acid groups (broad SMARTS) is 1. The molecule has 1 aromatic rings. The summed E-state index contributed by atoms with van der Waals surface area (Å²) in [7, 11) is 1.67. The normalized spacial score (nSPS) is 22.6. The van der Waals surface area contributed by atoms with Crippen molar-refractivity contribution in [2.75, 3.05) is 18.4 Å². The molecule has 1 aliphatic heterocycles. The van der Waals surface area contributed by atoms with Gasteiger partial charge in [0.2, 0.25) is 5.95 Å². The van der Waals surface area contributed by atoms with Crippen molar-refractivity contribution in [2.45, 2.75) is 26.2 Å². The predicted octanol–water partition coefficient (Wildman–Crippen LogP) is 0.924. The molecule has 0 spiro atoms. The summed E-state index contributed by atoms with van der Waals surface area (Å²) < 4.78 is 1.45. The quantitative estimate of drug-likeness (QED) is 0.858. The number of hydrogen-bond acceptors (Lipinski definition) is 4. The average molecular weight is 281 g/mol. The summed E-state index contributed by atoms with van der Waals surface area (Å²) in [5.74, 6) is -0.492. The molecule has 2 amide bonds. The number of rotatable bonds is 3. The van der Waals surface area contributed by atoms with Gasteiger partial charge in [0.25, 0.3) is 0 Å². The number of urea groups is 1. The molecule has 2 N–H and O–H groups in total. The fourth-order valence-electron chi connectivity index (χ4n) is 2.50. The van der Waals surface area contributed by atoms with E-state index in [2.05, 4.69) is 15.4 Å². The molecule has 0 aliphatic carbocycles. The fraction of sp³-hybridized carbons (Fsp3) is 0.667. The Morgan fingerprint density at radius 2 is 2.30 bits per heavy atom. The molecule has 20 heavy (non-hydrogen) atoms. The monoisotopic (exact) mass is 281 g/mol. The van der Waals surface area contributed by atoms with Gasteiger partial charge in [0.1, 0.15) is 6.33 Å². The molecule has 8 nitrogen and oxygen atoms in total. The van der Waals surface area contributed by atoms with Crippen LogP contribution in [0.4, 0.5) is 10.7 Å². The number of carbonyl (C=O) groups is 2. The summed E-state index contributed by atoms with van der Waals surface area (Å²) in [4.78, 5) is 29.1. The third kappa shape index (κ3) is 2.59. The first-order valence-electron chi connectivity index (χ1n) is 6.62. The van der Waals surface area contributed by atoms with Crippen LogP contribution in [0, 0.1) is 5.41 Å². The molecule has 1 unspecified atom stereocenters. The minimum absolute atomic E-state index is 0.225. The van der Waals surface area contributed by atoms with Crippen molar-refractivity contribution in [1.82, 2.24) is 19.7 Å². The lowest BCUT2D eigenvalue weighted by Crippen LogP contribution is -2.51. The van der Waals surface area contributed by atoms with Gasteiger partial charge in [-0.3, -0.25) is 10.1 Å². The molecule has 0 radical (unpaired) electrons. The number of likely N-dealkylation sites (tertiary alicyclic amines) is 1. The molecule has 0 bridgehead atoms. The van der Waals surface area contributed by atoms with Crippen LogP contribution in [0.5, 0.6) is 0 Å². The van der Waals surface area contributed by atoms with E-state index in [1.54, 1.807) is 7.05 Å². The Kier molecular flexibility index (Phi) is 3.91. The third-order valence-corrected chi connectivity index (χ3v) is 3.92. The van der Waals surface area contributed by atoms with Crippen LogP contribution in [0.15, 0.2) is 6.33 Å². The summed E-state index contributed by atoms with van der Waals surface area (Å²) in [6.45, 7) is 2.62. The van der Waals surface area contributed by atoms with Gasteiger partial charge >= 0.3 is 12.0 Å². The molecule has 2 heterocycles. The standard InChI is InChI=1S/C12H19N5O3/c1-3-12(9(18)19)5-4-6-17(7-12)11(20)15-10-13-8-14-16(10)2/h8H,3-7H2,1-2H3,(H,18,19)(H,13,14,15,20). The predicted molar refractivity (Wildman–Crippen MR) is 71.2 cm³/mol. The highest BCUT2D eigenvalue weighted by molar-refractivity contribution is 5.88. The van der Waals surface area contributed by atoms with Crippen molar-refractivity contribution in [3.8, 4) is 0 Å². The molecular formula is C12H19N5O3. The van der Waals surface area contributed by atoms with Crippen LogP contribution in [0.25, 0.3) is 0 Å². The van der Waals surface area contributed by atoms with E-state index in [4.69, 9.17) is 0 Å². The van der Waals surface area contributed by atoms with Gasteiger partial charge in [-0.2, -0.15) is 10.1 Å². The molecule has 2 rings (SSSR count). The van der Waals surface area contributed by atoms with Gasteiger partial charge in [0, 0.05) is 20.1 Å². The molecule has 0 aromatic carbocycles. The summed E-state index contributed by atoms with van der Waals surface area (Å²) in [6, 6.07) is -0.333. The second-order valence-electron chi connectivity index (χ2n) is 5.10. The van der Waals surface area contributed by atoms with Crippen LogP contribution in [0.2, 0.25) is 0 Å². The second-order valence-corrected chi connectivity index (χ2v) is 5.10. The number of aryl methyl sites for hydroxylation is 1. The van der Waals surface area contributed by atoms with E-state index in [-0.39, 0.29) is 12.6 Å². The van der Waals surface area contributed by atoms with E-state index in [1.807, 2.05) is 6.92 Å². The maximum atomic E-state index is 12.2. The van der Waals surface area contributed by atoms with E-state index in [0.29, 0.717) is 31.8 Å². The van der Waals surface area contributed by atoms with Crippen molar-refractivity contribution in [3.05, 3.63) is 6.33 Å².